The molecule has 1 N–H and O–H groups in total. The molecule has 0 radical (unpaired) electrons. The van der Waals surface area contributed by atoms with Gasteiger partial charge in [-0.25, -0.2) is 0 Å². The molecule has 0 bridgehead atoms. The highest BCUT2D eigenvalue weighted by Crippen LogP contribution is 2.15. The van der Waals surface area contributed by atoms with Crippen molar-refractivity contribution in [2.24, 2.45) is 0 Å². The van der Waals surface area contributed by atoms with Gasteiger partial charge in [-0.1, -0.05) is 0 Å². The number of hydrogen-bond acceptors (Lipinski definition) is 3. The molecule has 0 aromatic carbocycles. The molecule has 0 amide bonds. The number of nitrogens with one attached hydrogen (secondary N) is 1. The maximum Gasteiger partial charge on any atom is 0.0599 e. The summed E-state index contributed by atoms with van der Waals surface area (Å²) in [5.74, 6) is 0. The lowest BCUT2D eigenvalue weighted by Crippen LogP contribution is -2.50. The molecule has 0 aliphatic carbocycles. The van der Waals surface area contributed by atoms with Gasteiger partial charge in [0, 0.05) is 31.8 Å². The Labute approximate surface area is 94.2 Å². The molecule has 0 aromatic heterocycles. The fourth-order valence-electron chi connectivity index (χ4n) is 2.11. The SMILES string of the molecule is CCOC1CCN(CC(C)(C)NC)CC1. The molecule has 1 aliphatic heterocycles. The first-order valence-electron chi connectivity index (χ1n) is 6.10. The van der Waals surface area contributed by atoms with Crippen molar-refractivity contribution in [3.8, 4) is 0 Å². The van der Waals surface area contributed by atoms with Crippen LogP contribution in [0.3, 0.4) is 0 Å². The minimum atomic E-state index is 0.221. The van der Waals surface area contributed by atoms with Gasteiger partial charge in [-0.2, -0.15) is 0 Å². The first-order chi connectivity index (χ1) is 7.07. The lowest BCUT2D eigenvalue weighted by molar-refractivity contribution is 0.00968. The van der Waals surface area contributed by atoms with Crippen LogP contribution in [-0.2, 0) is 4.74 Å². The second-order valence-electron chi connectivity index (χ2n) is 5.06. The van der Waals surface area contributed by atoms with E-state index >= 15 is 0 Å². The summed E-state index contributed by atoms with van der Waals surface area (Å²) in [6.45, 7) is 10.9. The molecule has 3 heteroatoms. The van der Waals surface area contributed by atoms with E-state index in [2.05, 4.69) is 31.0 Å². The monoisotopic (exact) mass is 214 g/mol. The number of likely N-dealkylation sites (tertiary alicyclic amines) is 1. The minimum absolute atomic E-state index is 0.221. The van der Waals surface area contributed by atoms with Gasteiger partial charge >= 0.3 is 0 Å². The summed E-state index contributed by atoms with van der Waals surface area (Å²) in [5.41, 5.74) is 0.221. The van der Waals surface area contributed by atoms with E-state index in [1.165, 1.54) is 25.9 Å². The number of likely N-dealkylation sites (N-methyl/N-ethyl adjacent to an activating group) is 1. The molecule has 90 valence electrons. The molecule has 0 saturated carbocycles. The Kier molecular flexibility index (Phi) is 5.03. The summed E-state index contributed by atoms with van der Waals surface area (Å²) >= 11 is 0. The van der Waals surface area contributed by atoms with Gasteiger partial charge in [0.1, 0.15) is 0 Å². The van der Waals surface area contributed by atoms with Crippen molar-refractivity contribution in [2.45, 2.75) is 45.3 Å². The average Bonchev–Trinajstić information content (AvgIpc) is 2.21. The Morgan fingerprint density at radius 2 is 1.93 bits per heavy atom. The van der Waals surface area contributed by atoms with Crippen LogP contribution >= 0.6 is 0 Å². The number of nitrogens with zero attached hydrogens (tertiary/aromatic N) is 1. The van der Waals surface area contributed by atoms with E-state index in [4.69, 9.17) is 4.74 Å². The van der Waals surface area contributed by atoms with Gasteiger partial charge in [0.15, 0.2) is 0 Å². The van der Waals surface area contributed by atoms with Crippen molar-refractivity contribution in [1.29, 1.82) is 0 Å². The molecule has 0 unspecified atom stereocenters. The van der Waals surface area contributed by atoms with Gasteiger partial charge in [-0.15, -0.1) is 0 Å². The summed E-state index contributed by atoms with van der Waals surface area (Å²) in [4.78, 5) is 2.53. The van der Waals surface area contributed by atoms with Crippen molar-refractivity contribution >= 4 is 0 Å². The van der Waals surface area contributed by atoms with Gasteiger partial charge in [-0.05, 0) is 40.7 Å². The van der Waals surface area contributed by atoms with Crippen molar-refractivity contribution in [3.05, 3.63) is 0 Å². The number of piperidine rings is 1. The first kappa shape index (κ1) is 12.9. The average molecular weight is 214 g/mol. The van der Waals surface area contributed by atoms with Crippen LogP contribution in [0.25, 0.3) is 0 Å². The molecule has 1 heterocycles. The Morgan fingerprint density at radius 1 is 1.33 bits per heavy atom. The van der Waals surface area contributed by atoms with Crippen LogP contribution in [0.5, 0.6) is 0 Å². The first-order valence-corrected chi connectivity index (χ1v) is 6.10. The molecule has 0 atom stereocenters. The largest absolute Gasteiger partial charge is 0.378 e. The topological polar surface area (TPSA) is 24.5 Å². The van der Waals surface area contributed by atoms with Gasteiger partial charge in [0.2, 0.25) is 0 Å². The Morgan fingerprint density at radius 3 is 2.40 bits per heavy atom. The molecular formula is C12H26N2O. The zero-order valence-electron chi connectivity index (χ0n) is 10.7. The standard InChI is InChI=1S/C12H26N2O/c1-5-15-11-6-8-14(9-7-11)10-12(2,3)13-4/h11,13H,5-10H2,1-4H3. The third-order valence-corrected chi connectivity index (χ3v) is 3.23. The number of ether oxygens (including phenoxy) is 1. The van der Waals surface area contributed by atoms with Gasteiger partial charge in [-0.3, -0.25) is 0 Å². The van der Waals surface area contributed by atoms with Crippen LogP contribution in [0.1, 0.15) is 33.6 Å². The van der Waals surface area contributed by atoms with Crippen molar-refractivity contribution in [1.82, 2.24) is 10.2 Å². The van der Waals surface area contributed by atoms with Crippen molar-refractivity contribution < 1.29 is 4.74 Å². The van der Waals surface area contributed by atoms with E-state index in [-0.39, 0.29) is 5.54 Å². The van der Waals surface area contributed by atoms with Crippen LogP contribution in [0.4, 0.5) is 0 Å². The maximum atomic E-state index is 5.65. The number of hydrogen-bond donors (Lipinski definition) is 1. The van der Waals surface area contributed by atoms with Crippen molar-refractivity contribution in [2.75, 3.05) is 33.3 Å². The summed E-state index contributed by atoms with van der Waals surface area (Å²) in [6, 6.07) is 0. The summed E-state index contributed by atoms with van der Waals surface area (Å²) < 4.78 is 5.65. The summed E-state index contributed by atoms with van der Waals surface area (Å²) in [7, 11) is 2.03. The van der Waals surface area contributed by atoms with Crippen molar-refractivity contribution in [3.63, 3.8) is 0 Å². The van der Waals surface area contributed by atoms with E-state index in [1.54, 1.807) is 0 Å². The lowest BCUT2D eigenvalue weighted by atomic mass is 10.0. The summed E-state index contributed by atoms with van der Waals surface area (Å²) in [5, 5.41) is 3.35. The Hall–Kier alpha value is -0.120. The van der Waals surface area contributed by atoms with Crippen LogP contribution < -0.4 is 5.32 Å². The van der Waals surface area contributed by atoms with Crippen LogP contribution in [0.2, 0.25) is 0 Å². The molecule has 1 rings (SSSR count). The molecule has 1 aliphatic rings. The van der Waals surface area contributed by atoms with Crippen LogP contribution in [0, 0.1) is 0 Å². The van der Waals surface area contributed by atoms with Gasteiger partial charge in [0.25, 0.3) is 0 Å². The third-order valence-electron chi connectivity index (χ3n) is 3.23. The zero-order valence-corrected chi connectivity index (χ0v) is 10.7. The smallest absolute Gasteiger partial charge is 0.0599 e. The molecular weight excluding hydrogens is 188 g/mol. The van der Waals surface area contributed by atoms with Gasteiger partial charge in [0.05, 0.1) is 6.10 Å². The van der Waals surface area contributed by atoms with E-state index in [0.29, 0.717) is 6.10 Å². The predicted octanol–water partition coefficient (Wildman–Crippen LogP) is 1.49. The predicted molar refractivity (Wildman–Crippen MR) is 64.2 cm³/mol. The summed E-state index contributed by atoms with van der Waals surface area (Å²) in [6.07, 6.45) is 2.88. The fraction of sp³-hybridized carbons (Fsp3) is 1.00. The lowest BCUT2D eigenvalue weighted by Gasteiger charge is -2.37. The zero-order chi connectivity index (χ0) is 11.3. The highest BCUT2D eigenvalue weighted by molar-refractivity contribution is 4.83. The minimum Gasteiger partial charge on any atom is -0.378 e. The molecule has 3 nitrogen and oxygen atoms in total. The van der Waals surface area contributed by atoms with E-state index in [1.807, 2.05) is 7.05 Å². The fourth-order valence-corrected chi connectivity index (χ4v) is 2.11. The number of rotatable bonds is 5. The van der Waals surface area contributed by atoms with Crippen LogP contribution in [0.15, 0.2) is 0 Å². The molecule has 1 fully saturated rings. The second-order valence-corrected chi connectivity index (χ2v) is 5.06. The van der Waals surface area contributed by atoms with E-state index in [9.17, 15) is 0 Å². The molecule has 0 aromatic rings. The maximum absolute atomic E-state index is 5.65. The van der Waals surface area contributed by atoms with Crippen LogP contribution in [-0.4, -0.2) is 49.8 Å². The molecule has 15 heavy (non-hydrogen) atoms. The second kappa shape index (κ2) is 5.83. The quantitative estimate of drug-likeness (QED) is 0.750. The highest BCUT2D eigenvalue weighted by Gasteiger charge is 2.24. The van der Waals surface area contributed by atoms with E-state index in [0.717, 1.165) is 13.2 Å². The van der Waals surface area contributed by atoms with Gasteiger partial charge < -0.3 is 15.0 Å². The Balaban J connectivity index is 2.25. The highest BCUT2D eigenvalue weighted by atomic mass is 16.5. The normalized spacial score (nSPS) is 20.8. The third kappa shape index (κ3) is 4.49. The Bertz CT molecular complexity index is 174. The molecule has 0 spiro atoms. The van der Waals surface area contributed by atoms with E-state index < -0.39 is 0 Å². The molecule has 1 saturated heterocycles.